The molecule has 0 saturated carbocycles. The Morgan fingerprint density at radius 3 is 2.62 bits per heavy atom. The van der Waals surface area contributed by atoms with Crippen LogP contribution in [0, 0.1) is 6.92 Å². The number of hydrogen-bond acceptors (Lipinski definition) is 5. The van der Waals surface area contributed by atoms with Gasteiger partial charge in [0.05, 0.1) is 12.7 Å². The maximum absolute atomic E-state index is 13.1. The number of nitrogens with zero attached hydrogens (tertiary/aromatic N) is 2. The summed E-state index contributed by atoms with van der Waals surface area (Å²) in [5.74, 6) is 2.61. The molecule has 2 aromatic rings. The molecule has 1 amide bonds. The molecule has 0 unspecified atom stereocenters. The lowest BCUT2D eigenvalue weighted by molar-refractivity contribution is 0.0913. The van der Waals surface area contributed by atoms with Gasteiger partial charge in [0, 0.05) is 37.7 Å². The predicted octanol–water partition coefficient (Wildman–Crippen LogP) is 2.98. The van der Waals surface area contributed by atoms with Gasteiger partial charge in [0.15, 0.2) is 0 Å². The molecule has 1 aromatic carbocycles. The number of nitrogens with one attached hydrogen (secondary N) is 1. The Morgan fingerprint density at radius 1 is 1.21 bits per heavy atom. The first kappa shape index (κ1) is 20.0. The zero-order valence-electron chi connectivity index (χ0n) is 17.7. The van der Waals surface area contributed by atoms with Gasteiger partial charge in [0.2, 0.25) is 0 Å². The molecule has 1 aromatic heterocycles. The number of fused-ring (bicyclic) bond motifs is 1. The molecule has 1 N–H and O–H groups in total. The van der Waals surface area contributed by atoms with Crippen LogP contribution < -0.4 is 10.1 Å². The minimum absolute atomic E-state index is 0.0216. The van der Waals surface area contributed by atoms with Gasteiger partial charge in [-0.15, -0.1) is 0 Å². The summed E-state index contributed by atoms with van der Waals surface area (Å²) in [6.45, 7) is 6.50. The van der Waals surface area contributed by atoms with E-state index >= 15 is 0 Å². The zero-order chi connectivity index (χ0) is 20.4. The smallest absolute Gasteiger partial charge is 0.255 e. The number of carbonyl (C=O) groups excluding carboxylic acids is 1. The SMILES string of the molecule is COc1ccc(CN2CCc3oc(C)c(C(=O)NC4CCN(C)CC4)c3C2)cc1. The maximum Gasteiger partial charge on any atom is 0.255 e. The summed E-state index contributed by atoms with van der Waals surface area (Å²) >= 11 is 0. The normalized spacial score (nSPS) is 18.4. The first-order valence-electron chi connectivity index (χ1n) is 10.5. The standard InChI is InChI=1S/C23H31N3O3/c1-16-22(23(27)24-18-8-11-25(2)12-9-18)20-15-26(13-10-21(20)29-16)14-17-4-6-19(28-3)7-5-17/h4-7,18H,8-15H2,1-3H3,(H,24,27). The summed E-state index contributed by atoms with van der Waals surface area (Å²) in [6.07, 6.45) is 2.85. The predicted molar refractivity (Wildman–Crippen MR) is 112 cm³/mol. The van der Waals surface area contributed by atoms with Crippen LogP contribution in [0.2, 0.25) is 0 Å². The molecular formula is C23H31N3O3. The minimum atomic E-state index is 0.0216. The van der Waals surface area contributed by atoms with Crippen LogP contribution in [0.1, 0.15) is 45.8 Å². The van der Waals surface area contributed by atoms with Crippen LogP contribution in [0.4, 0.5) is 0 Å². The highest BCUT2D eigenvalue weighted by Crippen LogP contribution is 2.29. The highest BCUT2D eigenvalue weighted by atomic mass is 16.5. The van der Waals surface area contributed by atoms with E-state index in [-0.39, 0.29) is 11.9 Å². The van der Waals surface area contributed by atoms with Gasteiger partial charge in [-0.3, -0.25) is 9.69 Å². The van der Waals surface area contributed by atoms with E-state index < -0.39 is 0 Å². The molecule has 6 nitrogen and oxygen atoms in total. The third-order valence-electron chi connectivity index (χ3n) is 6.15. The Morgan fingerprint density at radius 2 is 1.93 bits per heavy atom. The van der Waals surface area contributed by atoms with Crippen molar-refractivity contribution in [1.82, 2.24) is 15.1 Å². The second kappa shape index (κ2) is 8.59. The molecular weight excluding hydrogens is 366 g/mol. The van der Waals surface area contributed by atoms with Crippen LogP contribution in [-0.2, 0) is 19.5 Å². The summed E-state index contributed by atoms with van der Waals surface area (Å²) in [7, 11) is 3.81. The first-order chi connectivity index (χ1) is 14.0. The molecule has 0 spiro atoms. The van der Waals surface area contributed by atoms with Gasteiger partial charge in [-0.1, -0.05) is 12.1 Å². The third-order valence-corrected chi connectivity index (χ3v) is 6.15. The van der Waals surface area contributed by atoms with Crippen molar-refractivity contribution in [2.45, 2.75) is 45.3 Å². The van der Waals surface area contributed by atoms with Crippen molar-refractivity contribution in [3.8, 4) is 5.75 Å². The second-order valence-corrected chi connectivity index (χ2v) is 8.29. The number of hydrogen-bond donors (Lipinski definition) is 1. The van der Waals surface area contributed by atoms with E-state index in [0.717, 1.165) is 80.4 Å². The lowest BCUT2D eigenvalue weighted by Gasteiger charge is -2.30. The highest BCUT2D eigenvalue weighted by Gasteiger charge is 2.29. The monoisotopic (exact) mass is 397 g/mol. The highest BCUT2D eigenvalue weighted by molar-refractivity contribution is 5.97. The Hall–Kier alpha value is -2.31. The molecule has 4 rings (SSSR count). The number of methoxy groups -OCH3 is 1. The van der Waals surface area contributed by atoms with E-state index in [0.29, 0.717) is 0 Å². The van der Waals surface area contributed by atoms with Crippen molar-refractivity contribution in [2.24, 2.45) is 0 Å². The molecule has 1 fully saturated rings. The largest absolute Gasteiger partial charge is 0.497 e. The maximum atomic E-state index is 13.1. The molecule has 1 saturated heterocycles. The second-order valence-electron chi connectivity index (χ2n) is 8.29. The van der Waals surface area contributed by atoms with Crippen LogP contribution in [0.25, 0.3) is 0 Å². The number of aryl methyl sites for hydroxylation is 1. The molecule has 0 aliphatic carbocycles. The number of benzene rings is 1. The number of piperidine rings is 1. The molecule has 29 heavy (non-hydrogen) atoms. The molecule has 3 heterocycles. The molecule has 6 heteroatoms. The van der Waals surface area contributed by atoms with Gasteiger partial charge in [-0.2, -0.15) is 0 Å². The molecule has 0 radical (unpaired) electrons. The number of amides is 1. The van der Waals surface area contributed by atoms with Crippen LogP contribution in [0.3, 0.4) is 0 Å². The average molecular weight is 398 g/mol. The fourth-order valence-electron chi connectivity index (χ4n) is 4.41. The van der Waals surface area contributed by atoms with Gasteiger partial charge in [-0.25, -0.2) is 0 Å². The average Bonchev–Trinajstić information content (AvgIpc) is 3.05. The van der Waals surface area contributed by atoms with E-state index in [1.165, 1.54) is 5.56 Å². The molecule has 0 bridgehead atoms. The van der Waals surface area contributed by atoms with E-state index in [1.54, 1.807) is 7.11 Å². The minimum Gasteiger partial charge on any atom is -0.497 e. The number of ether oxygens (including phenoxy) is 1. The zero-order valence-corrected chi connectivity index (χ0v) is 17.7. The van der Waals surface area contributed by atoms with Gasteiger partial charge in [0.25, 0.3) is 5.91 Å². The Kier molecular flexibility index (Phi) is 5.92. The Balaban J connectivity index is 1.45. The van der Waals surface area contributed by atoms with E-state index in [4.69, 9.17) is 9.15 Å². The number of rotatable bonds is 5. The lowest BCUT2D eigenvalue weighted by Crippen LogP contribution is -2.43. The summed E-state index contributed by atoms with van der Waals surface area (Å²) < 4.78 is 11.2. The van der Waals surface area contributed by atoms with Gasteiger partial charge in [0.1, 0.15) is 17.3 Å². The van der Waals surface area contributed by atoms with Gasteiger partial charge < -0.3 is 19.4 Å². The van der Waals surface area contributed by atoms with Crippen molar-refractivity contribution >= 4 is 5.91 Å². The van der Waals surface area contributed by atoms with E-state index in [1.807, 2.05) is 19.1 Å². The van der Waals surface area contributed by atoms with Gasteiger partial charge >= 0.3 is 0 Å². The van der Waals surface area contributed by atoms with Crippen molar-refractivity contribution in [3.63, 3.8) is 0 Å². The van der Waals surface area contributed by atoms with Crippen LogP contribution in [0.15, 0.2) is 28.7 Å². The third kappa shape index (κ3) is 4.49. The lowest BCUT2D eigenvalue weighted by atomic mass is 10.00. The topological polar surface area (TPSA) is 58.0 Å². The van der Waals surface area contributed by atoms with E-state index in [2.05, 4.69) is 34.3 Å². The van der Waals surface area contributed by atoms with Crippen molar-refractivity contribution in [1.29, 1.82) is 0 Å². The van der Waals surface area contributed by atoms with Crippen molar-refractivity contribution in [3.05, 3.63) is 52.5 Å². The molecule has 156 valence electrons. The number of likely N-dealkylation sites (tertiary alicyclic amines) is 1. The van der Waals surface area contributed by atoms with E-state index in [9.17, 15) is 4.79 Å². The Bertz CT molecular complexity index is 851. The fourth-order valence-corrected chi connectivity index (χ4v) is 4.41. The van der Waals surface area contributed by atoms with Crippen LogP contribution >= 0.6 is 0 Å². The molecule has 2 aliphatic heterocycles. The summed E-state index contributed by atoms with van der Waals surface area (Å²) in [4.78, 5) is 17.8. The summed E-state index contributed by atoms with van der Waals surface area (Å²) in [5.41, 5.74) is 3.05. The van der Waals surface area contributed by atoms with Gasteiger partial charge in [-0.05, 0) is 57.6 Å². The quantitative estimate of drug-likeness (QED) is 0.841. The van der Waals surface area contributed by atoms with Crippen LogP contribution in [0.5, 0.6) is 5.75 Å². The summed E-state index contributed by atoms with van der Waals surface area (Å²) in [6, 6.07) is 8.44. The molecule has 2 aliphatic rings. The first-order valence-corrected chi connectivity index (χ1v) is 10.5. The summed E-state index contributed by atoms with van der Waals surface area (Å²) in [5, 5.41) is 3.25. The number of carbonyl (C=O) groups is 1. The number of furan rings is 1. The van der Waals surface area contributed by atoms with Crippen LogP contribution in [-0.4, -0.2) is 55.5 Å². The fraction of sp³-hybridized carbons (Fsp3) is 0.522. The molecule has 0 atom stereocenters. The van der Waals surface area contributed by atoms with Crippen molar-refractivity contribution in [2.75, 3.05) is 33.8 Å². The van der Waals surface area contributed by atoms with Crippen molar-refractivity contribution < 1.29 is 13.9 Å². The Labute approximate surface area is 172 Å².